The maximum Gasteiger partial charge on any atom is 0.309 e. The molecule has 1 aromatic carbocycles. The van der Waals surface area contributed by atoms with Gasteiger partial charge in [-0.15, -0.1) is 0 Å². The van der Waals surface area contributed by atoms with E-state index >= 15 is 0 Å². The van der Waals surface area contributed by atoms with Gasteiger partial charge in [-0.05, 0) is 66.9 Å². The summed E-state index contributed by atoms with van der Waals surface area (Å²) < 4.78 is 19.3. The Morgan fingerprint density at radius 1 is 1.16 bits per heavy atom. The van der Waals surface area contributed by atoms with Crippen molar-refractivity contribution in [2.24, 2.45) is 29.6 Å². The Morgan fingerprint density at radius 2 is 2.03 bits per heavy atom. The molecule has 0 amide bonds. The van der Waals surface area contributed by atoms with Gasteiger partial charge in [-0.3, -0.25) is 9.78 Å². The quantitative estimate of drug-likeness (QED) is 0.546. The molecule has 4 heteroatoms. The minimum atomic E-state index is -0.242. The molecule has 0 spiro atoms. The number of esters is 1. The van der Waals surface area contributed by atoms with Crippen LogP contribution in [0.15, 0.2) is 48.7 Å². The predicted molar refractivity (Wildman–Crippen MR) is 119 cm³/mol. The minimum absolute atomic E-state index is 0.0249. The Morgan fingerprint density at radius 3 is 2.81 bits per heavy atom. The lowest BCUT2D eigenvalue weighted by Crippen LogP contribution is -2.43. The average Bonchev–Trinajstić information content (AvgIpc) is 3.12. The molecule has 3 aliphatic rings. The number of benzene rings is 1. The molecule has 0 bridgehead atoms. The first-order valence-corrected chi connectivity index (χ1v) is 11.7. The van der Waals surface area contributed by atoms with Gasteiger partial charge in [-0.25, -0.2) is 4.39 Å². The number of carbonyl (C=O) groups is 1. The van der Waals surface area contributed by atoms with Crippen LogP contribution in [0.2, 0.25) is 0 Å². The number of nitrogens with zero attached hydrogens (tertiary/aromatic N) is 1. The van der Waals surface area contributed by atoms with Gasteiger partial charge in [-0.1, -0.05) is 50.5 Å². The Bertz CT molecular complexity index is 969. The van der Waals surface area contributed by atoms with Crippen LogP contribution in [0.1, 0.15) is 51.1 Å². The second-order valence-corrected chi connectivity index (χ2v) is 9.43. The van der Waals surface area contributed by atoms with Crippen molar-refractivity contribution in [3.05, 3.63) is 60.2 Å². The number of cyclic esters (lactones) is 1. The molecule has 3 nitrogen and oxygen atoms in total. The Balaban J connectivity index is 1.40. The zero-order chi connectivity index (χ0) is 21.4. The van der Waals surface area contributed by atoms with Crippen LogP contribution in [0.4, 0.5) is 4.39 Å². The lowest BCUT2D eigenvalue weighted by Gasteiger charge is -2.46. The number of halogens is 1. The van der Waals surface area contributed by atoms with E-state index in [0.717, 1.165) is 29.7 Å². The lowest BCUT2D eigenvalue weighted by molar-refractivity contribution is -0.145. The summed E-state index contributed by atoms with van der Waals surface area (Å²) in [5, 5.41) is 0. The number of pyridine rings is 1. The largest absolute Gasteiger partial charge is 0.462 e. The number of allylic oxidation sites excluding steroid dienone is 1. The Labute approximate surface area is 183 Å². The number of carbonyl (C=O) groups excluding carboxylic acids is 1. The van der Waals surface area contributed by atoms with Crippen molar-refractivity contribution >= 4 is 12.0 Å². The van der Waals surface area contributed by atoms with E-state index in [9.17, 15) is 9.18 Å². The molecule has 2 saturated carbocycles. The van der Waals surface area contributed by atoms with Gasteiger partial charge in [0, 0.05) is 17.7 Å². The van der Waals surface area contributed by atoms with Crippen LogP contribution in [-0.2, 0) is 9.53 Å². The van der Waals surface area contributed by atoms with Gasteiger partial charge in [0.2, 0.25) is 0 Å². The number of rotatable bonds is 4. The summed E-state index contributed by atoms with van der Waals surface area (Å²) in [6.45, 7) is 2.13. The van der Waals surface area contributed by atoms with E-state index in [1.165, 1.54) is 37.8 Å². The number of ether oxygens (including phenoxy) is 1. The van der Waals surface area contributed by atoms with Crippen LogP contribution in [0.5, 0.6) is 0 Å². The number of fused-ring (bicyclic) bond motifs is 2. The van der Waals surface area contributed by atoms with Crippen molar-refractivity contribution in [1.82, 2.24) is 4.98 Å². The zero-order valence-electron chi connectivity index (χ0n) is 18.0. The van der Waals surface area contributed by atoms with E-state index in [-0.39, 0.29) is 23.8 Å². The third-order valence-electron chi connectivity index (χ3n) is 7.76. The van der Waals surface area contributed by atoms with Crippen molar-refractivity contribution in [2.45, 2.75) is 51.6 Å². The molecule has 5 rings (SSSR count). The Hall–Kier alpha value is -2.49. The second kappa shape index (κ2) is 8.57. The van der Waals surface area contributed by atoms with Crippen molar-refractivity contribution in [3.8, 4) is 11.1 Å². The van der Waals surface area contributed by atoms with E-state index in [1.54, 1.807) is 12.3 Å². The van der Waals surface area contributed by atoms with Crippen LogP contribution in [0.25, 0.3) is 17.2 Å². The second-order valence-electron chi connectivity index (χ2n) is 9.43. The van der Waals surface area contributed by atoms with Crippen LogP contribution >= 0.6 is 0 Å². The number of hydrogen-bond acceptors (Lipinski definition) is 3. The first-order chi connectivity index (χ1) is 15.1. The molecule has 0 N–H and O–H groups in total. The summed E-state index contributed by atoms with van der Waals surface area (Å²) in [5.41, 5.74) is 2.63. The van der Waals surface area contributed by atoms with Crippen molar-refractivity contribution in [3.63, 3.8) is 0 Å². The molecule has 31 heavy (non-hydrogen) atoms. The maximum atomic E-state index is 13.5. The summed E-state index contributed by atoms with van der Waals surface area (Å²) in [6.07, 6.45) is 13.2. The molecule has 0 radical (unpaired) electrons. The van der Waals surface area contributed by atoms with E-state index in [1.807, 2.05) is 18.2 Å². The predicted octanol–water partition coefficient (Wildman–Crippen LogP) is 6.30. The fraction of sp³-hybridized carbons (Fsp3) is 0.481. The molecular weight excluding hydrogens is 389 g/mol. The third kappa shape index (κ3) is 3.93. The van der Waals surface area contributed by atoms with Gasteiger partial charge in [0.15, 0.2) is 0 Å². The van der Waals surface area contributed by atoms with E-state index < -0.39 is 0 Å². The minimum Gasteiger partial charge on any atom is -0.462 e. The van der Waals surface area contributed by atoms with Crippen molar-refractivity contribution in [1.29, 1.82) is 0 Å². The fourth-order valence-corrected chi connectivity index (χ4v) is 6.33. The summed E-state index contributed by atoms with van der Waals surface area (Å²) in [7, 11) is 0. The first kappa shape index (κ1) is 20.4. The highest BCUT2D eigenvalue weighted by molar-refractivity contribution is 5.75. The molecule has 2 aromatic rings. The molecule has 1 aromatic heterocycles. The smallest absolute Gasteiger partial charge is 0.309 e. The maximum absolute atomic E-state index is 13.5. The summed E-state index contributed by atoms with van der Waals surface area (Å²) in [4.78, 5) is 17.2. The molecule has 2 heterocycles. The van der Waals surface area contributed by atoms with Gasteiger partial charge < -0.3 is 4.74 Å². The summed E-state index contributed by atoms with van der Waals surface area (Å²) in [6, 6.07) is 10.6. The number of hydrogen-bond donors (Lipinski definition) is 0. The normalized spacial score (nSPS) is 32.5. The van der Waals surface area contributed by atoms with Crippen molar-refractivity contribution in [2.75, 3.05) is 0 Å². The van der Waals surface area contributed by atoms with Gasteiger partial charge in [0.05, 0.1) is 11.6 Å². The standard InChI is InChI=1S/C27H30FNO2/c1-2-25-26-23(22-9-4-3-6-18(22)15-24(26)27(30)31-25)13-12-21-11-10-19(16-29-21)17-7-5-8-20(28)14-17/h5,7-8,10-14,16,18,22-26H,2-4,6,9,15H2,1H3/b13-12+/t18-,22+,23-,24+,25+,26-/m0/s1. The SMILES string of the molecule is CC[C@H]1OC(=O)[C@@H]2C[C@@H]3CCCC[C@H]3[C@H](/C=C/c3ccc(-c4cccc(F)c4)cn3)[C@H]12. The highest BCUT2D eigenvalue weighted by atomic mass is 19.1. The van der Waals surface area contributed by atoms with E-state index in [0.29, 0.717) is 23.7 Å². The molecule has 1 saturated heterocycles. The number of aromatic nitrogens is 1. The van der Waals surface area contributed by atoms with Crippen LogP contribution in [0, 0.1) is 35.4 Å². The van der Waals surface area contributed by atoms with Gasteiger partial charge >= 0.3 is 5.97 Å². The molecule has 2 aliphatic carbocycles. The molecule has 3 fully saturated rings. The highest BCUT2D eigenvalue weighted by Crippen LogP contribution is 2.54. The first-order valence-electron chi connectivity index (χ1n) is 11.7. The monoisotopic (exact) mass is 419 g/mol. The Kier molecular flexibility index (Phi) is 5.64. The average molecular weight is 420 g/mol. The van der Waals surface area contributed by atoms with Crippen molar-refractivity contribution < 1.29 is 13.9 Å². The van der Waals surface area contributed by atoms with Gasteiger partial charge in [0.25, 0.3) is 0 Å². The van der Waals surface area contributed by atoms with Crippen LogP contribution in [0.3, 0.4) is 0 Å². The zero-order valence-corrected chi connectivity index (χ0v) is 18.0. The van der Waals surface area contributed by atoms with E-state index in [4.69, 9.17) is 4.74 Å². The van der Waals surface area contributed by atoms with Gasteiger partial charge in [0.1, 0.15) is 11.9 Å². The van der Waals surface area contributed by atoms with E-state index in [2.05, 4.69) is 24.1 Å². The van der Waals surface area contributed by atoms with Gasteiger partial charge in [-0.2, -0.15) is 0 Å². The third-order valence-corrected chi connectivity index (χ3v) is 7.76. The molecule has 1 aliphatic heterocycles. The summed E-state index contributed by atoms with van der Waals surface area (Å²) >= 11 is 0. The fourth-order valence-electron chi connectivity index (χ4n) is 6.33. The van der Waals surface area contributed by atoms with Crippen LogP contribution < -0.4 is 0 Å². The highest BCUT2D eigenvalue weighted by Gasteiger charge is 2.54. The van der Waals surface area contributed by atoms with Crippen LogP contribution in [-0.4, -0.2) is 17.1 Å². The molecular formula is C27H30FNO2. The lowest BCUT2D eigenvalue weighted by atomic mass is 9.57. The molecule has 0 unspecified atom stereocenters. The topological polar surface area (TPSA) is 39.2 Å². The summed E-state index contributed by atoms with van der Waals surface area (Å²) in [5.74, 6) is 1.77. The molecule has 6 atom stereocenters. The molecule has 162 valence electrons.